The van der Waals surface area contributed by atoms with Crippen molar-refractivity contribution in [1.29, 1.82) is 0 Å². The molecule has 0 aromatic heterocycles. The fourth-order valence-electron chi connectivity index (χ4n) is 2.77. The summed E-state index contributed by atoms with van der Waals surface area (Å²) in [7, 11) is 0. The Morgan fingerprint density at radius 2 is 1.80 bits per heavy atom. The second kappa shape index (κ2) is 5.14. The molecule has 1 nitrogen and oxygen atoms in total. The van der Waals surface area contributed by atoms with Crippen LogP contribution in [0, 0.1) is 17.3 Å². The number of rotatable bonds is 3. The van der Waals surface area contributed by atoms with Gasteiger partial charge in [0.05, 0.1) is 0 Å². The molecule has 88 valence electrons. The summed E-state index contributed by atoms with van der Waals surface area (Å²) in [6.07, 6.45) is 6.95. The molecule has 0 saturated heterocycles. The highest BCUT2D eigenvalue weighted by Crippen LogP contribution is 2.35. The molecule has 1 fully saturated rings. The Hall–Kier alpha value is -0.330. The molecule has 0 aromatic carbocycles. The molecule has 0 radical (unpaired) electrons. The van der Waals surface area contributed by atoms with Crippen molar-refractivity contribution in [3.8, 4) is 0 Å². The summed E-state index contributed by atoms with van der Waals surface area (Å²) < 4.78 is 0. The molecule has 1 heteroatoms. The van der Waals surface area contributed by atoms with E-state index in [1.54, 1.807) is 0 Å². The van der Waals surface area contributed by atoms with Gasteiger partial charge in [-0.1, -0.05) is 47.0 Å². The summed E-state index contributed by atoms with van der Waals surface area (Å²) >= 11 is 0. The van der Waals surface area contributed by atoms with Gasteiger partial charge in [-0.2, -0.15) is 0 Å². The fourth-order valence-corrected chi connectivity index (χ4v) is 2.77. The number of ketones is 1. The maximum Gasteiger partial charge on any atom is 0.136 e. The largest absolute Gasteiger partial charge is 0.299 e. The number of carbonyl (C=O) groups is 1. The predicted molar refractivity (Wildman–Crippen MR) is 64.8 cm³/mol. The van der Waals surface area contributed by atoms with Crippen molar-refractivity contribution in [2.75, 3.05) is 0 Å². The Morgan fingerprint density at radius 3 is 2.33 bits per heavy atom. The molecule has 15 heavy (non-hydrogen) atoms. The van der Waals surface area contributed by atoms with Crippen molar-refractivity contribution in [1.82, 2.24) is 0 Å². The highest BCUT2D eigenvalue weighted by Gasteiger charge is 2.31. The standard InChI is InChI=1S/C14H26O/c1-5-11-8-6-7-9-12(11)13(15)10-14(2,3)4/h11-12H,5-10H2,1-4H3. The number of Topliss-reactive ketones (excluding diaryl/α,β-unsaturated/α-hetero) is 1. The average Bonchev–Trinajstić information content (AvgIpc) is 2.15. The van der Waals surface area contributed by atoms with Crippen LogP contribution in [0.1, 0.15) is 66.2 Å². The highest BCUT2D eigenvalue weighted by molar-refractivity contribution is 5.81. The van der Waals surface area contributed by atoms with Crippen molar-refractivity contribution >= 4 is 5.78 Å². The number of carbonyl (C=O) groups excluding carboxylic acids is 1. The van der Waals surface area contributed by atoms with Crippen molar-refractivity contribution in [2.24, 2.45) is 17.3 Å². The maximum absolute atomic E-state index is 12.2. The van der Waals surface area contributed by atoms with E-state index in [0.29, 0.717) is 17.6 Å². The highest BCUT2D eigenvalue weighted by atomic mass is 16.1. The molecule has 0 spiro atoms. The van der Waals surface area contributed by atoms with Gasteiger partial charge in [-0.15, -0.1) is 0 Å². The average molecular weight is 210 g/mol. The van der Waals surface area contributed by atoms with Crippen LogP contribution in [0.4, 0.5) is 0 Å². The van der Waals surface area contributed by atoms with E-state index in [0.717, 1.165) is 12.8 Å². The van der Waals surface area contributed by atoms with Gasteiger partial charge in [0.2, 0.25) is 0 Å². The van der Waals surface area contributed by atoms with Gasteiger partial charge in [0, 0.05) is 12.3 Å². The van der Waals surface area contributed by atoms with Gasteiger partial charge < -0.3 is 0 Å². The third-order valence-corrected chi connectivity index (χ3v) is 3.55. The first kappa shape index (κ1) is 12.7. The van der Waals surface area contributed by atoms with Crippen molar-refractivity contribution < 1.29 is 4.79 Å². The second-order valence-corrected chi connectivity index (χ2v) is 6.26. The topological polar surface area (TPSA) is 17.1 Å². The minimum atomic E-state index is 0.160. The summed E-state index contributed by atoms with van der Waals surface area (Å²) in [6, 6.07) is 0. The summed E-state index contributed by atoms with van der Waals surface area (Å²) in [6.45, 7) is 8.71. The van der Waals surface area contributed by atoms with Gasteiger partial charge >= 0.3 is 0 Å². The zero-order valence-electron chi connectivity index (χ0n) is 10.8. The fraction of sp³-hybridized carbons (Fsp3) is 0.929. The molecule has 1 saturated carbocycles. The predicted octanol–water partition coefficient (Wildman–Crippen LogP) is 4.21. The van der Waals surface area contributed by atoms with E-state index in [1.807, 2.05) is 0 Å². The molecule has 2 atom stereocenters. The molecule has 1 aliphatic carbocycles. The van der Waals surface area contributed by atoms with E-state index in [9.17, 15) is 4.79 Å². The Labute approximate surface area is 94.6 Å². The molecule has 0 heterocycles. The Bertz CT molecular complexity index is 212. The van der Waals surface area contributed by atoms with E-state index in [-0.39, 0.29) is 5.41 Å². The smallest absolute Gasteiger partial charge is 0.136 e. The molecule has 0 amide bonds. The maximum atomic E-state index is 12.2. The van der Waals surface area contributed by atoms with Gasteiger partial charge in [0.1, 0.15) is 5.78 Å². The first-order valence-corrected chi connectivity index (χ1v) is 6.47. The van der Waals surface area contributed by atoms with Gasteiger partial charge in [0.15, 0.2) is 0 Å². The number of hydrogen-bond acceptors (Lipinski definition) is 1. The van der Waals surface area contributed by atoms with E-state index in [2.05, 4.69) is 27.7 Å². The van der Waals surface area contributed by atoms with Crippen molar-refractivity contribution in [3.63, 3.8) is 0 Å². The Morgan fingerprint density at radius 1 is 1.20 bits per heavy atom. The summed E-state index contributed by atoms with van der Waals surface area (Å²) in [5.74, 6) is 1.57. The Kier molecular flexibility index (Phi) is 4.36. The van der Waals surface area contributed by atoms with Gasteiger partial charge in [-0.3, -0.25) is 4.79 Å². The molecule has 0 bridgehead atoms. The normalized spacial score (nSPS) is 27.7. The lowest BCUT2D eigenvalue weighted by atomic mass is 9.72. The lowest BCUT2D eigenvalue weighted by Crippen LogP contribution is -2.29. The Balaban J connectivity index is 2.56. The van der Waals surface area contributed by atoms with Gasteiger partial charge in [-0.05, 0) is 24.2 Å². The van der Waals surface area contributed by atoms with Crippen LogP contribution in [0.25, 0.3) is 0 Å². The molecular weight excluding hydrogens is 184 g/mol. The zero-order chi connectivity index (χ0) is 11.5. The molecule has 1 aliphatic rings. The summed E-state index contributed by atoms with van der Waals surface area (Å²) in [5, 5.41) is 0. The molecule has 0 N–H and O–H groups in total. The van der Waals surface area contributed by atoms with Crippen LogP contribution in [0.15, 0.2) is 0 Å². The van der Waals surface area contributed by atoms with E-state index in [1.165, 1.54) is 25.7 Å². The van der Waals surface area contributed by atoms with Crippen LogP contribution in [0.2, 0.25) is 0 Å². The molecule has 2 unspecified atom stereocenters. The monoisotopic (exact) mass is 210 g/mol. The molecule has 0 aromatic rings. The van der Waals surface area contributed by atoms with Crippen LogP contribution in [0.3, 0.4) is 0 Å². The van der Waals surface area contributed by atoms with E-state index < -0.39 is 0 Å². The zero-order valence-corrected chi connectivity index (χ0v) is 10.8. The van der Waals surface area contributed by atoms with Crippen LogP contribution >= 0.6 is 0 Å². The lowest BCUT2D eigenvalue weighted by Gasteiger charge is -2.31. The van der Waals surface area contributed by atoms with E-state index in [4.69, 9.17) is 0 Å². The third-order valence-electron chi connectivity index (χ3n) is 3.55. The molecular formula is C14H26O. The van der Waals surface area contributed by atoms with Gasteiger partial charge in [0.25, 0.3) is 0 Å². The van der Waals surface area contributed by atoms with E-state index >= 15 is 0 Å². The minimum absolute atomic E-state index is 0.160. The molecule has 0 aliphatic heterocycles. The van der Waals surface area contributed by atoms with Gasteiger partial charge in [-0.25, -0.2) is 0 Å². The summed E-state index contributed by atoms with van der Waals surface area (Å²) in [5.41, 5.74) is 0.160. The van der Waals surface area contributed by atoms with Crippen molar-refractivity contribution in [3.05, 3.63) is 0 Å². The summed E-state index contributed by atoms with van der Waals surface area (Å²) in [4.78, 5) is 12.2. The molecule has 1 rings (SSSR count). The van der Waals surface area contributed by atoms with Crippen molar-refractivity contribution in [2.45, 2.75) is 66.2 Å². The quantitative estimate of drug-likeness (QED) is 0.682. The first-order valence-electron chi connectivity index (χ1n) is 6.47. The van der Waals surface area contributed by atoms with Crippen LogP contribution in [-0.2, 0) is 4.79 Å². The van der Waals surface area contributed by atoms with Crippen LogP contribution in [-0.4, -0.2) is 5.78 Å². The lowest BCUT2D eigenvalue weighted by molar-refractivity contribution is -0.127. The first-order chi connectivity index (χ1) is 6.94. The van der Waals surface area contributed by atoms with Crippen LogP contribution < -0.4 is 0 Å². The second-order valence-electron chi connectivity index (χ2n) is 6.26. The van der Waals surface area contributed by atoms with Crippen LogP contribution in [0.5, 0.6) is 0 Å². The third kappa shape index (κ3) is 3.96. The minimum Gasteiger partial charge on any atom is -0.299 e. The number of hydrogen-bond donors (Lipinski definition) is 0. The SMILES string of the molecule is CCC1CCCCC1C(=O)CC(C)(C)C.